The topological polar surface area (TPSA) is 94.0 Å². The lowest BCUT2D eigenvalue weighted by Crippen LogP contribution is -2.10. The first-order valence-corrected chi connectivity index (χ1v) is 6.21. The Labute approximate surface area is 109 Å². The summed E-state index contributed by atoms with van der Waals surface area (Å²) in [7, 11) is 0. The first-order chi connectivity index (χ1) is 9.16. The average molecular weight is 258 g/mol. The molecule has 19 heavy (non-hydrogen) atoms. The quantitative estimate of drug-likeness (QED) is 0.849. The lowest BCUT2D eigenvalue weighted by molar-refractivity contribution is 0.0696. The van der Waals surface area contributed by atoms with Crippen LogP contribution in [0.2, 0.25) is 0 Å². The molecule has 0 saturated carbocycles. The zero-order valence-corrected chi connectivity index (χ0v) is 10.3. The fourth-order valence-electron chi connectivity index (χ4n) is 2.44. The van der Waals surface area contributed by atoms with E-state index in [0.717, 1.165) is 37.1 Å². The Morgan fingerprint density at radius 3 is 2.84 bits per heavy atom. The van der Waals surface area contributed by atoms with Gasteiger partial charge in [-0.25, -0.2) is 14.8 Å². The van der Waals surface area contributed by atoms with Gasteiger partial charge in [0.05, 0.1) is 16.9 Å². The first-order valence-electron chi connectivity index (χ1n) is 6.21. The third-order valence-corrected chi connectivity index (χ3v) is 3.40. The number of carboxylic acids is 1. The lowest BCUT2D eigenvalue weighted by atomic mass is 10.0. The molecule has 3 rings (SSSR count). The Balaban J connectivity index is 2.07. The van der Waals surface area contributed by atoms with Crippen molar-refractivity contribution in [2.24, 2.45) is 0 Å². The number of nitrogens with zero attached hydrogens (tertiary/aromatic N) is 3. The van der Waals surface area contributed by atoms with Crippen molar-refractivity contribution in [3.8, 4) is 5.82 Å². The number of carbonyl (C=O) groups is 1. The van der Waals surface area contributed by atoms with Crippen molar-refractivity contribution >= 4 is 11.7 Å². The predicted molar refractivity (Wildman–Crippen MR) is 69.4 cm³/mol. The predicted octanol–water partition coefficient (Wildman–Crippen LogP) is 1.43. The molecule has 0 amide bonds. The molecular formula is C13H14N4O2. The number of hydrogen-bond acceptors (Lipinski definition) is 4. The summed E-state index contributed by atoms with van der Waals surface area (Å²) in [5.41, 5.74) is 8.58. The van der Waals surface area contributed by atoms with Crippen LogP contribution < -0.4 is 5.73 Å². The Morgan fingerprint density at radius 1 is 1.32 bits per heavy atom. The molecule has 6 nitrogen and oxygen atoms in total. The van der Waals surface area contributed by atoms with Crippen molar-refractivity contribution in [1.82, 2.24) is 14.5 Å². The number of aromatic carboxylic acids is 1. The molecular weight excluding hydrogens is 244 g/mol. The standard InChI is InChI=1S/C13H14N4O2/c14-9-5-8(13(18)19)6-15-12(9)17-7-16-10-3-1-2-4-11(10)17/h5-7H,1-4,14H2,(H,18,19). The van der Waals surface area contributed by atoms with Gasteiger partial charge in [-0.3, -0.25) is 4.57 Å². The molecule has 0 aromatic carbocycles. The maximum atomic E-state index is 10.9. The van der Waals surface area contributed by atoms with Gasteiger partial charge in [0, 0.05) is 11.9 Å². The number of aromatic nitrogens is 3. The average Bonchev–Trinajstić information content (AvgIpc) is 2.82. The molecule has 0 fully saturated rings. The Bertz CT molecular complexity index is 648. The van der Waals surface area contributed by atoms with Crippen LogP contribution in [0.25, 0.3) is 5.82 Å². The monoisotopic (exact) mass is 258 g/mol. The van der Waals surface area contributed by atoms with Crippen molar-refractivity contribution in [1.29, 1.82) is 0 Å². The lowest BCUT2D eigenvalue weighted by Gasteiger charge is -2.14. The van der Waals surface area contributed by atoms with Crippen LogP contribution in [-0.2, 0) is 12.8 Å². The van der Waals surface area contributed by atoms with E-state index in [2.05, 4.69) is 9.97 Å². The largest absolute Gasteiger partial charge is 0.478 e. The minimum Gasteiger partial charge on any atom is -0.478 e. The maximum absolute atomic E-state index is 10.9. The molecule has 0 aliphatic heterocycles. The highest BCUT2D eigenvalue weighted by Gasteiger charge is 2.18. The Hall–Kier alpha value is -2.37. The van der Waals surface area contributed by atoms with E-state index in [4.69, 9.17) is 10.8 Å². The molecule has 2 heterocycles. The van der Waals surface area contributed by atoms with E-state index in [0.29, 0.717) is 11.5 Å². The molecule has 2 aromatic rings. The van der Waals surface area contributed by atoms with Gasteiger partial charge in [0.25, 0.3) is 0 Å². The van der Waals surface area contributed by atoms with Crippen LogP contribution in [0.1, 0.15) is 34.6 Å². The van der Waals surface area contributed by atoms with Crippen molar-refractivity contribution in [3.63, 3.8) is 0 Å². The third-order valence-electron chi connectivity index (χ3n) is 3.40. The highest BCUT2D eigenvalue weighted by atomic mass is 16.4. The van der Waals surface area contributed by atoms with Gasteiger partial charge in [0.2, 0.25) is 0 Å². The van der Waals surface area contributed by atoms with Crippen LogP contribution in [0, 0.1) is 0 Å². The summed E-state index contributed by atoms with van der Waals surface area (Å²) in [5, 5.41) is 8.91. The molecule has 6 heteroatoms. The van der Waals surface area contributed by atoms with Crippen LogP contribution in [0.15, 0.2) is 18.6 Å². The summed E-state index contributed by atoms with van der Waals surface area (Å²) >= 11 is 0. The minimum absolute atomic E-state index is 0.0928. The fourth-order valence-corrected chi connectivity index (χ4v) is 2.44. The molecule has 0 unspecified atom stereocenters. The number of fused-ring (bicyclic) bond motifs is 1. The van der Waals surface area contributed by atoms with Gasteiger partial charge in [-0.15, -0.1) is 0 Å². The number of carboxylic acid groups (broad SMARTS) is 1. The zero-order chi connectivity index (χ0) is 13.4. The van der Waals surface area contributed by atoms with Gasteiger partial charge >= 0.3 is 5.97 Å². The van der Waals surface area contributed by atoms with E-state index < -0.39 is 5.97 Å². The summed E-state index contributed by atoms with van der Waals surface area (Å²) in [4.78, 5) is 19.4. The van der Waals surface area contributed by atoms with E-state index in [1.165, 1.54) is 12.3 Å². The van der Waals surface area contributed by atoms with Crippen LogP contribution in [-0.4, -0.2) is 25.6 Å². The van der Waals surface area contributed by atoms with E-state index in [-0.39, 0.29) is 5.56 Å². The number of pyridine rings is 1. The van der Waals surface area contributed by atoms with E-state index in [1.54, 1.807) is 6.33 Å². The molecule has 0 spiro atoms. The maximum Gasteiger partial charge on any atom is 0.337 e. The van der Waals surface area contributed by atoms with E-state index in [1.807, 2.05) is 4.57 Å². The highest BCUT2D eigenvalue weighted by molar-refractivity contribution is 5.88. The summed E-state index contributed by atoms with van der Waals surface area (Å²) in [5.74, 6) is -0.473. The number of nitrogens with two attached hydrogens (primary N) is 1. The number of nitrogen functional groups attached to an aromatic ring is 1. The number of hydrogen-bond donors (Lipinski definition) is 2. The minimum atomic E-state index is -1.03. The second kappa shape index (κ2) is 4.38. The zero-order valence-electron chi connectivity index (χ0n) is 10.3. The molecule has 1 aliphatic rings. The third kappa shape index (κ3) is 1.95. The highest BCUT2D eigenvalue weighted by Crippen LogP contribution is 2.25. The van der Waals surface area contributed by atoms with Gasteiger partial charge in [0.15, 0.2) is 5.82 Å². The van der Waals surface area contributed by atoms with Crippen molar-refractivity contribution in [3.05, 3.63) is 35.5 Å². The smallest absolute Gasteiger partial charge is 0.337 e. The molecule has 3 N–H and O–H groups in total. The number of imidazole rings is 1. The second-order valence-corrected chi connectivity index (χ2v) is 4.66. The van der Waals surface area contributed by atoms with E-state index in [9.17, 15) is 4.79 Å². The number of anilines is 1. The fraction of sp³-hybridized carbons (Fsp3) is 0.308. The summed E-state index contributed by atoms with van der Waals surface area (Å²) in [6.45, 7) is 0. The molecule has 1 aliphatic carbocycles. The van der Waals surface area contributed by atoms with Crippen LogP contribution >= 0.6 is 0 Å². The number of aryl methyl sites for hydroxylation is 1. The van der Waals surface area contributed by atoms with Gasteiger partial charge in [-0.1, -0.05) is 0 Å². The molecule has 0 atom stereocenters. The van der Waals surface area contributed by atoms with Crippen LogP contribution in [0.4, 0.5) is 5.69 Å². The van der Waals surface area contributed by atoms with Crippen molar-refractivity contribution in [2.45, 2.75) is 25.7 Å². The van der Waals surface area contributed by atoms with Crippen molar-refractivity contribution < 1.29 is 9.90 Å². The SMILES string of the molecule is Nc1cc(C(=O)O)cnc1-n1cnc2c1CCCC2. The molecule has 0 radical (unpaired) electrons. The summed E-state index contributed by atoms with van der Waals surface area (Å²) in [6, 6.07) is 1.43. The Morgan fingerprint density at radius 2 is 2.11 bits per heavy atom. The molecule has 2 aromatic heterocycles. The van der Waals surface area contributed by atoms with Crippen molar-refractivity contribution in [2.75, 3.05) is 5.73 Å². The normalized spacial score (nSPS) is 14.1. The van der Waals surface area contributed by atoms with Gasteiger partial charge in [0.1, 0.15) is 6.33 Å². The van der Waals surface area contributed by atoms with Gasteiger partial charge < -0.3 is 10.8 Å². The van der Waals surface area contributed by atoms with Gasteiger partial charge in [-0.05, 0) is 31.7 Å². The van der Waals surface area contributed by atoms with Crippen LogP contribution in [0.5, 0.6) is 0 Å². The second-order valence-electron chi connectivity index (χ2n) is 4.66. The van der Waals surface area contributed by atoms with Crippen LogP contribution in [0.3, 0.4) is 0 Å². The summed E-state index contributed by atoms with van der Waals surface area (Å²) in [6.07, 6.45) is 7.27. The van der Waals surface area contributed by atoms with E-state index >= 15 is 0 Å². The molecule has 0 saturated heterocycles. The first kappa shape index (κ1) is 11.7. The number of rotatable bonds is 2. The molecule has 0 bridgehead atoms. The molecule has 98 valence electrons. The Kier molecular flexibility index (Phi) is 2.70. The van der Waals surface area contributed by atoms with Gasteiger partial charge in [-0.2, -0.15) is 0 Å². The summed E-state index contributed by atoms with van der Waals surface area (Å²) < 4.78 is 1.87.